The standard InChI is InChI=1S/C27H29F2N3O4S/c1-19(2)30-27(34)20(3)31(17-21-9-11-22(28)12-10-21)26(33)18-32(24-7-5-4-6-8-24)37(35,36)25-15-13-23(29)14-16-25/h4-16,19-20H,17-18H2,1-3H3,(H,30,34)/t20-/m1/s1. The second-order valence-electron chi connectivity index (χ2n) is 8.79. The maximum absolute atomic E-state index is 13.7. The van der Waals surface area contributed by atoms with Crippen LogP contribution in [0.2, 0.25) is 0 Å². The third kappa shape index (κ3) is 7.13. The van der Waals surface area contributed by atoms with Crippen molar-refractivity contribution >= 4 is 27.5 Å². The lowest BCUT2D eigenvalue weighted by molar-refractivity contribution is -0.139. The highest BCUT2D eigenvalue weighted by atomic mass is 32.2. The molecule has 0 fully saturated rings. The zero-order valence-electron chi connectivity index (χ0n) is 20.8. The molecule has 0 saturated heterocycles. The van der Waals surface area contributed by atoms with Crippen molar-refractivity contribution < 1.29 is 26.8 Å². The number of hydrogen-bond donors (Lipinski definition) is 1. The Hall–Kier alpha value is -3.79. The highest BCUT2D eigenvalue weighted by Gasteiger charge is 2.32. The highest BCUT2D eigenvalue weighted by Crippen LogP contribution is 2.24. The van der Waals surface area contributed by atoms with E-state index in [9.17, 15) is 26.8 Å². The van der Waals surface area contributed by atoms with Gasteiger partial charge in [-0.05, 0) is 74.9 Å². The van der Waals surface area contributed by atoms with Crippen molar-refractivity contribution in [1.82, 2.24) is 10.2 Å². The van der Waals surface area contributed by atoms with Crippen LogP contribution in [-0.2, 0) is 26.2 Å². The number of carbonyl (C=O) groups is 2. The van der Waals surface area contributed by atoms with Gasteiger partial charge < -0.3 is 10.2 Å². The summed E-state index contributed by atoms with van der Waals surface area (Å²) in [5, 5.41) is 2.76. The van der Waals surface area contributed by atoms with Crippen molar-refractivity contribution in [2.24, 2.45) is 0 Å². The van der Waals surface area contributed by atoms with Gasteiger partial charge in [0.25, 0.3) is 10.0 Å². The van der Waals surface area contributed by atoms with Crippen molar-refractivity contribution in [3.8, 4) is 0 Å². The summed E-state index contributed by atoms with van der Waals surface area (Å²) in [5.74, 6) is -2.12. The van der Waals surface area contributed by atoms with Crippen LogP contribution in [0.25, 0.3) is 0 Å². The smallest absolute Gasteiger partial charge is 0.264 e. The summed E-state index contributed by atoms with van der Waals surface area (Å²) >= 11 is 0. The molecule has 0 unspecified atom stereocenters. The monoisotopic (exact) mass is 529 g/mol. The molecule has 0 aliphatic rings. The molecule has 0 bridgehead atoms. The average Bonchev–Trinajstić information content (AvgIpc) is 2.86. The van der Waals surface area contributed by atoms with Gasteiger partial charge in [-0.3, -0.25) is 13.9 Å². The number of anilines is 1. The van der Waals surface area contributed by atoms with Crippen molar-refractivity contribution in [1.29, 1.82) is 0 Å². The normalized spacial score (nSPS) is 12.2. The fraction of sp³-hybridized carbons (Fsp3) is 0.259. The van der Waals surface area contributed by atoms with Gasteiger partial charge in [0, 0.05) is 12.6 Å². The number of carbonyl (C=O) groups excluding carboxylic acids is 2. The number of hydrogen-bond acceptors (Lipinski definition) is 4. The van der Waals surface area contributed by atoms with Gasteiger partial charge in [0.05, 0.1) is 10.6 Å². The number of para-hydroxylation sites is 1. The predicted octanol–water partition coefficient (Wildman–Crippen LogP) is 4.10. The van der Waals surface area contributed by atoms with Gasteiger partial charge in [0.2, 0.25) is 11.8 Å². The van der Waals surface area contributed by atoms with Gasteiger partial charge in [-0.1, -0.05) is 30.3 Å². The minimum Gasteiger partial charge on any atom is -0.352 e. The van der Waals surface area contributed by atoms with E-state index < -0.39 is 46.1 Å². The summed E-state index contributed by atoms with van der Waals surface area (Å²) in [5.41, 5.74) is 0.785. The molecule has 0 heterocycles. The molecule has 1 N–H and O–H groups in total. The second-order valence-corrected chi connectivity index (χ2v) is 10.7. The van der Waals surface area contributed by atoms with E-state index in [2.05, 4.69) is 5.32 Å². The fourth-order valence-electron chi connectivity index (χ4n) is 3.63. The van der Waals surface area contributed by atoms with Gasteiger partial charge in [0.1, 0.15) is 24.2 Å². The summed E-state index contributed by atoms with van der Waals surface area (Å²) in [6.07, 6.45) is 0. The number of halogens is 2. The summed E-state index contributed by atoms with van der Waals surface area (Å²) in [6.45, 7) is 4.43. The van der Waals surface area contributed by atoms with Crippen LogP contribution in [0.15, 0.2) is 83.8 Å². The van der Waals surface area contributed by atoms with Crippen molar-refractivity contribution in [2.75, 3.05) is 10.8 Å². The first-order valence-corrected chi connectivity index (χ1v) is 13.1. The van der Waals surface area contributed by atoms with Crippen LogP contribution < -0.4 is 9.62 Å². The Morgan fingerprint density at radius 3 is 1.92 bits per heavy atom. The molecule has 3 aromatic carbocycles. The molecule has 0 aliphatic heterocycles. The Kier molecular flexibility index (Phi) is 8.99. The maximum Gasteiger partial charge on any atom is 0.264 e. The first kappa shape index (κ1) is 27.8. The van der Waals surface area contributed by atoms with E-state index in [0.717, 1.165) is 28.6 Å². The number of amides is 2. The van der Waals surface area contributed by atoms with Crippen molar-refractivity contribution in [3.63, 3.8) is 0 Å². The van der Waals surface area contributed by atoms with Crippen molar-refractivity contribution in [2.45, 2.75) is 44.3 Å². The lowest BCUT2D eigenvalue weighted by atomic mass is 10.1. The molecule has 37 heavy (non-hydrogen) atoms. The molecule has 1 atom stereocenters. The Labute approximate surface area is 215 Å². The van der Waals surface area contributed by atoms with Gasteiger partial charge >= 0.3 is 0 Å². The molecule has 2 amide bonds. The van der Waals surface area contributed by atoms with Crippen LogP contribution in [0.1, 0.15) is 26.3 Å². The van der Waals surface area contributed by atoms with Crippen LogP contribution in [0, 0.1) is 11.6 Å². The molecule has 196 valence electrons. The fourth-order valence-corrected chi connectivity index (χ4v) is 5.05. The lowest BCUT2D eigenvalue weighted by Crippen LogP contribution is -2.52. The van der Waals surface area contributed by atoms with Gasteiger partial charge in [0.15, 0.2) is 0 Å². The maximum atomic E-state index is 13.7. The number of sulfonamides is 1. The summed E-state index contributed by atoms with van der Waals surface area (Å²) in [7, 11) is -4.27. The van der Waals surface area contributed by atoms with E-state index in [1.54, 1.807) is 39.0 Å². The third-order valence-corrected chi connectivity index (χ3v) is 7.38. The minimum atomic E-state index is -4.27. The Bertz CT molecular complexity index is 1320. The molecular weight excluding hydrogens is 500 g/mol. The van der Waals surface area contributed by atoms with Crippen molar-refractivity contribution in [3.05, 3.63) is 96.1 Å². The largest absolute Gasteiger partial charge is 0.352 e. The Morgan fingerprint density at radius 1 is 0.838 bits per heavy atom. The minimum absolute atomic E-state index is 0.0506. The average molecular weight is 530 g/mol. The van der Waals surface area contributed by atoms with E-state index in [1.165, 1.54) is 41.3 Å². The van der Waals surface area contributed by atoms with Crippen LogP contribution in [0.5, 0.6) is 0 Å². The molecule has 10 heteroatoms. The van der Waals surface area contributed by atoms with Gasteiger partial charge in [-0.25, -0.2) is 17.2 Å². The van der Waals surface area contributed by atoms with E-state index >= 15 is 0 Å². The molecule has 3 rings (SSSR count). The second kappa shape index (κ2) is 12.0. The Balaban J connectivity index is 1.99. The summed E-state index contributed by atoms with van der Waals surface area (Å²) in [4.78, 5) is 27.5. The quantitative estimate of drug-likeness (QED) is 0.429. The zero-order chi connectivity index (χ0) is 27.2. The molecule has 0 saturated carbocycles. The molecule has 0 spiro atoms. The SMILES string of the molecule is CC(C)NC(=O)[C@@H](C)N(Cc1ccc(F)cc1)C(=O)CN(c1ccccc1)S(=O)(=O)c1ccc(F)cc1. The molecule has 0 aliphatic carbocycles. The number of benzene rings is 3. The predicted molar refractivity (Wildman–Crippen MR) is 137 cm³/mol. The molecule has 7 nitrogen and oxygen atoms in total. The number of nitrogens with one attached hydrogen (secondary N) is 1. The van der Waals surface area contributed by atoms with Crippen LogP contribution in [-0.4, -0.2) is 43.8 Å². The van der Waals surface area contributed by atoms with Crippen LogP contribution in [0.3, 0.4) is 0 Å². The van der Waals surface area contributed by atoms with Gasteiger partial charge in [-0.2, -0.15) is 0 Å². The molecular formula is C27H29F2N3O4S. The lowest BCUT2D eigenvalue weighted by Gasteiger charge is -2.32. The van der Waals surface area contributed by atoms with E-state index in [0.29, 0.717) is 5.56 Å². The van der Waals surface area contributed by atoms with Crippen LogP contribution in [0.4, 0.5) is 14.5 Å². The Morgan fingerprint density at radius 2 is 1.38 bits per heavy atom. The van der Waals surface area contributed by atoms with Crippen LogP contribution >= 0.6 is 0 Å². The van der Waals surface area contributed by atoms with E-state index in [4.69, 9.17) is 0 Å². The molecule has 0 aromatic heterocycles. The number of nitrogens with zero attached hydrogens (tertiary/aromatic N) is 2. The summed E-state index contributed by atoms with van der Waals surface area (Å²) in [6, 6.07) is 16.7. The zero-order valence-corrected chi connectivity index (χ0v) is 21.6. The molecule has 0 radical (unpaired) electrons. The number of rotatable bonds is 10. The van der Waals surface area contributed by atoms with E-state index in [-0.39, 0.29) is 23.2 Å². The van der Waals surface area contributed by atoms with Gasteiger partial charge in [-0.15, -0.1) is 0 Å². The first-order chi connectivity index (χ1) is 17.5. The molecule has 3 aromatic rings. The summed E-state index contributed by atoms with van der Waals surface area (Å²) < 4.78 is 55.0. The highest BCUT2D eigenvalue weighted by molar-refractivity contribution is 7.92. The third-order valence-electron chi connectivity index (χ3n) is 5.59. The first-order valence-electron chi connectivity index (χ1n) is 11.7. The topological polar surface area (TPSA) is 86.8 Å². The van der Waals surface area contributed by atoms with E-state index in [1.807, 2.05) is 0 Å².